The van der Waals surface area contributed by atoms with Crippen LogP contribution in [0.25, 0.3) is 0 Å². The van der Waals surface area contributed by atoms with Crippen molar-refractivity contribution in [1.29, 1.82) is 0 Å². The molecule has 0 aliphatic carbocycles. The molecule has 2 rings (SSSR count). The highest BCUT2D eigenvalue weighted by Gasteiger charge is 2.20. The number of hydrogen-bond donors (Lipinski definition) is 2. The Morgan fingerprint density at radius 2 is 2.60 bits per heavy atom. The van der Waals surface area contributed by atoms with Gasteiger partial charge in [0.25, 0.3) is 0 Å². The van der Waals surface area contributed by atoms with Gasteiger partial charge in [-0.15, -0.1) is 0 Å². The summed E-state index contributed by atoms with van der Waals surface area (Å²) in [5, 5.41) is 6.53. The van der Waals surface area contributed by atoms with Crippen LogP contribution in [-0.4, -0.2) is 31.4 Å². The molecule has 2 aliphatic rings. The van der Waals surface area contributed by atoms with E-state index in [0.717, 1.165) is 19.6 Å². The fourth-order valence-corrected chi connectivity index (χ4v) is 1.31. The first kappa shape index (κ1) is 5.92. The monoisotopic (exact) mass is 137 g/mol. The molecule has 0 saturated carbocycles. The maximum atomic E-state index is 4.39. The van der Waals surface area contributed by atoms with Gasteiger partial charge in [0.2, 0.25) is 0 Å². The summed E-state index contributed by atoms with van der Waals surface area (Å²) in [5.41, 5.74) is 1.27. The quantitative estimate of drug-likeness (QED) is 0.473. The first-order valence-corrected chi connectivity index (χ1v) is 3.62. The maximum absolute atomic E-state index is 4.39. The molecule has 0 amide bonds. The van der Waals surface area contributed by atoms with Gasteiger partial charge in [0.05, 0.1) is 18.3 Å². The Balaban J connectivity index is 2.17. The summed E-state index contributed by atoms with van der Waals surface area (Å²) < 4.78 is 0. The highest BCUT2D eigenvalue weighted by molar-refractivity contribution is 5.93. The zero-order valence-corrected chi connectivity index (χ0v) is 5.80. The minimum absolute atomic E-state index is 0.457. The Kier molecular flexibility index (Phi) is 1.43. The van der Waals surface area contributed by atoms with Crippen LogP contribution in [0.5, 0.6) is 0 Å². The van der Waals surface area contributed by atoms with E-state index in [4.69, 9.17) is 0 Å². The zero-order valence-electron chi connectivity index (χ0n) is 5.80. The number of aliphatic imine (C=N–C) groups is 1. The molecule has 2 heterocycles. The second-order valence-electron chi connectivity index (χ2n) is 2.58. The van der Waals surface area contributed by atoms with Gasteiger partial charge in [0.15, 0.2) is 0 Å². The maximum Gasteiger partial charge on any atom is 0.0774 e. The Hall–Kier alpha value is -0.830. The van der Waals surface area contributed by atoms with Gasteiger partial charge in [-0.05, 0) is 12.3 Å². The van der Waals surface area contributed by atoms with E-state index in [-0.39, 0.29) is 0 Å². The van der Waals surface area contributed by atoms with Crippen molar-refractivity contribution in [3.8, 4) is 0 Å². The summed E-state index contributed by atoms with van der Waals surface area (Å²) in [4.78, 5) is 4.39. The predicted molar refractivity (Wildman–Crippen MR) is 41.2 cm³/mol. The summed E-state index contributed by atoms with van der Waals surface area (Å²) in [6.45, 7) is 2.81. The van der Waals surface area contributed by atoms with Gasteiger partial charge in [-0.1, -0.05) is 0 Å². The molecule has 1 unspecified atom stereocenters. The SMILES string of the molecule is C1=CNC2CNCC2=NC1. The lowest BCUT2D eigenvalue weighted by Crippen LogP contribution is -2.31. The third kappa shape index (κ3) is 0.926. The first-order valence-electron chi connectivity index (χ1n) is 3.62. The second-order valence-corrected chi connectivity index (χ2v) is 2.58. The summed E-state index contributed by atoms with van der Waals surface area (Å²) in [7, 11) is 0. The van der Waals surface area contributed by atoms with Gasteiger partial charge < -0.3 is 10.6 Å². The van der Waals surface area contributed by atoms with Gasteiger partial charge in [-0.25, -0.2) is 0 Å². The van der Waals surface area contributed by atoms with E-state index in [9.17, 15) is 0 Å². The van der Waals surface area contributed by atoms with Gasteiger partial charge in [0.1, 0.15) is 0 Å². The number of nitrogens with zero attached hydrogens (tertiary/aromatic N) is 1. The molecule has 1 atom stereocenters. The smallest absolute Gasteiger partial charge is 0.0774 e. The van der Waals surface area contributed by atoms with Crippen LogP contribution < -0.4 is 10.6 Å². The van der Waals surface area contributed by atoms with Crippen LogP contribution >= 0.6 is 0 Å². The fourth-order valence-electron chi connectivity index (χ4n) is 1.31. The fraction of sp³-hybridized carbons (Fsp3) is 0.571. The number of nitrogens with one attached hydrogen (secondary N) is 2. The summed E-state index contributed by atoms with van der Waals surface area (Å²) in [5.74, 6) is 0. The van der Waals surface area contributed by atoms with Crippen LogP contribution in [0, 0.1) is 0 Å². The van der Waals surface area contributed by atoms with E-state index in [1.807, 2.05) is 12.3 Å². The lowest BCUT2D eigenvalue weighted by atomic mass is 10.2. The molecule has 2 N–H and O–H groups in total. The van der Waals surface area contributed by atoms with Crippen LogP contribution in [0.3, 0.4) is 0 Å². The molecule has 0 aromatic carbocycles. The molecule has 0 aromatic heterocycles. The average Bonchev–Trinajstić information content (AvgIpc) is 2.28. The molecule has 0 bridgehead atoms. The minimum atomic E-state index is 0.457. The lowest BCUT2D eigenvalue weighted by molar-refractivity contribution is 0.718. The Labute approximate surface area is 60.2 Å². The third-order valence-electron chi connectivity index (χ3n) is 1.87. The molecular weight excluding hydrogens is 126 g/mol. The summed E-state index contributed by atoms with van der Waals surface area (Å²) in [6.07, 6.45) is 4.04. The summed E-state index contributed by atoms with van der Waals surface area (Å²) in [6, 6.07) is 0.457. The first-order chi connectivity index (χ1) is 4.97. The van der Waals surface area contributed by atoms with E-state index < -0.39 is 0 Å². The van der Waals surface area contributed by atoms with Crippen molar-refractivity contribution >= 4 is 5.71 Å². The van der Waals surface area contributed by atoms with E-state index in [2.05, 4.69) is 15.6 Å². The highest BCUT2D eigenvalue weighted by atomic mass is 15.1. The van der Waals surface area contributed by atoms with Crippen molar-refractivity contribution in [2.24, 2.45) is 4.99 Å². The minimum Gasteiger partial charge on any atom is -0.382 e. The molecule has 10 heavy (non-hydrogen) atoms. The lowest BCUT2D eigenvalue weighted by Gasteiger charge is -2.06. The normalized spacial score (nSPS) is 30.4. The van der Waals surface area contributed by atoms with E-state index in [1.165, 1.54) is 5.71 Å². The molecule has 3 nitrogen and oxygen atoms in total. The van der Waals surface area contributed by atoms with Crippen molar-refractivity contribution in [3.63, 3.8) is 0 Å². The van der Waals surface area contributed by atoms with Crippen molar-refractivity contribution in [2.75, 3.05) is 19.6 Å². The van der Waals surface area contributed by atoms with Crippen LogP contribution in [0.15, 0.2) is 17.3 Å². The number of hydrogen-bond acceptors (Lipinski definition) is 3. The van der Waals surface area contributed by atoms with Crippen molar-refractivity contribution in [3.05, 3.63) is 12.3 Å². The molecule has 0 aromatic rings. The topological polar surface area (TPSA) is 36.4 Å². The highest BCUT2D eigenvalue weighted by Crippen LogP contribution is 1.99. The van der Waals surface area contributed by atoms with Crippen LogP contribution in [0.1, 0.15) is 0 Å². The number of rotatable bonds is 0. The Bertz CT molecular complexity index is 183. The van der Waals surface area contributed by atoms with Crippen molar-refractivity contribution in [2.45, 2.75) is 6.04 Å². The third-order valence-corrected chi connectivity index (χ3v) is 1.87. The number of fused-ring (bicyclic) bond motifs is 1. The molecule has 1 fully saturated rings. The Morgan fingerprint density at radius 1 is 1.60 bits per heavy atom. The molecule has 1 saturated heterocycles. The predicted octanol–water partition coefficient (Wildman–Crippen LogP) is -0.484. The van der Waals surface area contributed by atoms with E-state index in [1.54, 1.807) is 0 Å². The van der Waals surface area contributed by atoms with Gasteiger partial charge in [-0.2, -0.15) is 0 Å². The van der Waals surface area contributed by atoms with Crippen molar-refractivity contribution in [1.82, 2.24) is 10.6 Å². The largest absolute Gasteiger partial charge is 0.382 e. The molecule has 0 spiro atoms. The van der Waals surface area contributed by atoms with Gasteiger partial charge in [-0.3, -0.25) is 4.99 Å². The van der Waals surface area contributed by atoms with Crippen LogP contribution in [0.4, 0.5) is 0 Å². The molecule has 54 valence electrons. The van der Waals surface area contributed by atoms with Gasteiger partial charge >= 0.3 is 0 Å². The van der Waals surface area contributed by atoms with E-state index >= 15 is 0 Å². The van der Waals surface area contributed by atoms with E-state index in [0.29, 0.717) is 6.04 Å². The van der Waals surface area contributed by atoms with Gasteiger partial charge in [0, 0.05) is 13.1 Å². The second kappa shape index (κ2) is 2.42. The van der Waals surface area contributed by atoms with Crippen LogP contribution in [-0.2, 0) is 0 Å². The Morgan fingerprint density at radius 3 is 3.60 bits per heavy atom. The zero-order chi connectivity index (χ0) is 6.81. The van der Waals surface area contributed by atoms with Crippen molar-refractivity contribution < 1.29 is 0 Å². The molecule has 0 radical (unpaired) electrons. The molecule has 3 heteroatoms. The summed E-state index contributed by atoms with van der Waals surface area (Å²) >= 11 is 0. The standard InChI is InChI=1S/C7H11N3/c1-2-9-6-4-8-5-7(6)10-3-1/h1-2,6,8-9H,3-5H2. The average molecular weight is 137 g/mol. The molecular formula is C7H11N3. The molecule has 2 aliphatic heterocycles. The van der Waals surface area contributed by atoms with Crippen LogP contribution in [0.2, 0.25) is 0 Å².